The lowest BCUT2D eigenvalue weighted by Crippen LogP contribution is -2.33. The SMILES string of the molecule is CCCCCCCCCCCCCCCCOc1ccc(S(=O)(=O)N2C/C=C\CN(S(=O)(=O)c3ccc(OCCCCCCCCCCCCCCCC)c(OCCCCCCCCCCCCCCCC)c3)C/C=C/CN(S(=O)(=O)c3ccc(OCCCCCCCCCCCCCCCC)c(OCCCCCCCCCCCCCCCC)c3)C/C=C/C2)cc1OCCCCCCCCCCCCCCCC. The van der Waals surface area contributed by atoms with Crippen molar-refractivity contribution in [2.45, 2.75) is 596 Å². The molecule has 0 atom stereocenters. The fourth-order valence-electron chi connectivity index (χ4n) is 19.9. The first kappa shape index (κ1) is 132. The number of rotatable bonds is 102. The van der Waals surface area contributed by atoms with E-state index in [1.165, 1.54) is 437 Å². The summed E-state index contributed by atoms with van der Waals surface area (Å²) in [5.41, 5.74) is 0. The van der Waals surface area contributed by atoms with Gasteiger partial charge in [-0.05, 0) is 74.9 Å². The van der Waals surface area contributed by atoms with Gasteiger partial charge in [0.2, 0.25) is 30.1 Å². The van der Waals surface area contributed by atoms with Gasteiger partial charge < -0.3 is 28.4 Å². The molecule has 1 heterocycles. The lowest BCUT2D eigenvalue weighted by molar-refractivity contribution is 0.257. The van der Waals surface area contributed by atoms with Gasteiger partial charge in [-0.15, -0.1) is 0 Å². The average Bonchev–Trinajstić information content (AvgIpc) is 0.851. The first-order valence-electron chi connectivity index (χ1n) is 61.9. The van der Waals surface area contributed by atoms with Crippen molar-refractivity contribution in [1.82, 2.24) is 12.9 Å². The van der Waals surface area contributed by atoms with Gasteiger partial charge in [0.25, 0.3) is 0 Å². The summed E-state index contributed by atoms with van der Waals surface area (Å²) in [6, 6.07) is 14.9. The minimum atomic E-state index is -4.33. The third-order valence-corrected chi connectivity index (χ3v) is 35.0. The van der Waals surface area contributed by atoms with Crippen molar-refractivity contribution in [2.75, 3.05) is 78.9 Å². The smallest absolute Gasteiger partial charge is 0.243 e. The van der Waals surface area contributed by atoms with Crippen molar-refractivity contribution in [3.8, 4) is 34.5 Å². The van der Waals surface area contributed by atoms with E-state index in [1.807, 2.05) is 0 Å². The molecule has 144 heavy (non-hydrogen) atoms. The maximum Gasteiger partial charge on any atom is 0.243 e. The Morgan fingerprint density at radius 3 is 0.396 bits per heavy atom. The molecule has 1 aliphatic heterocycles. The van der Waals surface area contributed by atoms with E-state index in [4.69, 9.17) is 28.4 Å². The average molecular weight is 2070 g/mol. The Kier molecular flexibility index (Phi) is 86.3. The molecule has 0 amide bonds. The highest BCUT2D eigenvalue weighted by molar-refractivity contribution is 7.89. The summed E-state index contributed by atoms with van der Waals surface area (Å²) in [6.45, 7) is 15.6. The van der Waals surface area contributed by atoms with Crippen LogP contribution >= 0.6 is 0 Å². The summed E-state index contributed by atoms with van der Waals surface area (Å²) in [4.78, 5) is 0.0928. The summed E-state index contributed by atoms with van der Waals surface area (Å²) < 4.78 is 137. The van der Waals surface area contributed by atoms with Gasteiger partial charge in [-0.25, -0.2) is 25.3 Å². The quantitative estimate of drug-likeness (QED) is 0.0388. The van der Waals surface area contributed by atoms with Gasteiger partial charge in [0.15, 0.2) is 34.5 Å². The van der Waals surface area contributed by atoms with Crippen LogP contribution in [0.15, 0.2) is 106 Å². The number of ether oxygens (including phenoxy) is 6. The Hall–Kier alpha value is -4.59. The van der Waals surface area contributed by atoms with Crippen LogP contribution in [0.1, 0.15) is 581 Å². The van der Waals surface area contributed by atoms with Crippen molar-refractivity contribution >= 4 is 30.1 Å². The molecule has 18 heteroatoms. The van der Waals surface area contributed by atoms with E-state index < -0.39 is 30.1 Å². The monoisotopic (exact) mass is 2070 g/mol. The van der Waals surface area contributed by atoms with Crippen molar-refractivity contribution < 1.29 is 53.7 Å². The zero-order chi connectivity index (χ0) is 103. The van der Waals surface area contributed by atoms with Crippen LogP contribution in [0.4, 0.5) is 0 Å². The van der Waals surface area contributed by atoms with Gasteiger partial charge in [0.05, 0.1) is 54.3 Å². The van der Waals surface area contributed by atoms with Crippen molar-refractivity contribution in [1.29, 1.82) is 0 Å². The molecule has 1 aliphatic rings. The number of sulfonamides is 3. The van der Waals surface area contributed by atoms with Gasteiger partial charge in [0, 0.05) is 57.5 Å². The van der Waals surface area contributed by atoms with Crippen LogP contribution < -0.4 is 28.4 Å². The van der Waals surface area contributed by atoms with Gasteiger partial charge in [-0.3, -0.25) is 0 Å². The molecule has 834 valence electrons. The first-order valence-corrected chi connectivity index (χ1v) is 66.2. The van der Waals surface area contributed by atoms with Crippen LogP contribution in [0, 0.1) is 0 Å². The lowest BCUT2D eigenvalue weighted by Gasteiger charge is -2.22. The molecule has 0 aliphatic carbocycles. The normalized spacial score (nSPS) is 14.1. The summed E-state index contributed by atoms with van der Waals surface area (Å²) in [5, 5.41) is 0. The predicted octanol–water partition coefficient (Wildman–Crippen LogP) is 38.9. The topological polar surface area (TPSA) is 168 Å². The highest BCUT2D eigenvalue weighted by Crippen LogP contribution is 2.37. The highest BCUT2D eigenvalue weighted by Gasteiger charge is 2.30. The largest absolute Gasteiger partial charge is 0.490 e. The van der Waals surface area contributed by atoms with E-state index in [1.54, 1.807) is 91.1 Å². The van der Waals surface area contributed by atoms with E-state index in [-0.39, 0.29) is 54.0 Å². The van der Waals surface area contributed by atoms with Crippen molar-refractivity contribution in [3.05, 3.63) is 91.1 Å². The minimum Gasteiger partial charge on any atom is -0.490 e. The van der Waals surface area contributed by atoms with Crippen LogP contribution in [0.25, 0.3) is 0 Å². The standard InChI is InChI=1S/C126H225N3O12S3/c1-7-13-19-25-31-37-43-49-55-61-67-73-79-91-109-136-121-100-97-118(115-124(121)139-112-94-82-76-70-64-58-52-46-40-34-28-22-16-10-4)142(130,131)127-103-85-87-105-128(143(132,133)119-98-101-122(137-110-92-80-74-68-62-56-50-44-38-32-26-20-14-8-2)125(116-119)140-113-95-83-77-71-65-59-53-47-41-35-29-23-17-11-5)107-89-90-108-129(106-88-86-104-127)144(134,135)120-99-102-123(138-111-93-81-75-69-63-57-51-45-39-33-27-21-15-9-3)126(117-120)141-114-96-84-78-72-66-60-54-48-42-36-30-24-18-12-6/h85-90,97-102,115-117H,7-84,91-96,103-114H2,1-6H3/b87-85-,88-86+,90-89+. The zero-order valence-corrected chi connectivity index (χ0v) is 97.0. The van der Waals surface area contributed by atoms with Crippen molar-refractivity contribution in [2.24, 2.45) is 0 Å². The second-order valence-electron chi connectivity index (χ2n) is 42.9. The van der Waals surface area contributed by atoms with E-state index in [9.17, 15) is 0 Å². The molecule has 0 spiro atoms. The molecule has 0 saturated heterocycles. The predicted molar refractivity (Wildman–Crippen MR) is 618 cm³/mol. The van der Waals surface area contributed by atoms with Crippen LogP contribution in [0.5, 0.6) is 34.5 Å². The molecule has 15 nitrogen and oxygen atoms in total. The summed E-state index contributed by atoms with van der Waals surface area (Å²) in [6.07, 6.45) is 115. The second-order valence-corrected chi connectivity index (χ2v) is 48.7. The number of nitrogens with zero attached hydrogens (tertiary/aromatic N) is 3. The summed E-state index contributed by atoms with van der Waals surface area (Å²) >= 11 is 0. The third kappa shape index (κ3) is 68.4. The molecule has 0 fully saturated rings. The molecule has 0 N–H and O–H groups in total. The molecule has 0 unspecified atom stereocenters. The Bertz CT molecular complexity index is 3440. The maximum atomic E-state index is 15.6. The lowest BCUT2D eigenvalue weighted by atomic mass is 10.0. The third-order valence-electron chi connectivity index (χ3n) is 29.5. The molecule has 0 saturated carbocycles. The fraction of sp³-hybridized carbons (Fsp3) is 0.810. The van der Waals surface area contributed by atoms with Crippen LogP contribution in [-0.2, 0) is 30.1 Å². The van der Waals surface area contributed by atoms with Gasteiger partial charge >= 0.3 is 0 Å². The minimum absolute atomic E-state index is 0.0309. The second kappa shape index (κ2) is 94.4. The van der Waals surface area contributed by atoms with E-state index in [2.05, 4.69) is 41.5 Å². The highest BCUT2D eigenvalue weighted by atomic mass is 32.2. The molecule has 3 aromatic rings. The number of benzene rings is 3. The zero-order valence-electron chi connectivity index (χ0n) is 94.5. The number of hydrogen-bond donors (Lipinski definition) is 0. The summed E-state index contributed by atoms with van der Waals surface area (Å²) in [7, 11) is -13.0. The molecular weight excluding hydrogens is 1840 g/mol. The van der Waals surface area contributed by atoms with Gasteiger partial charge in [0.1, 0.15) is 0 Å². The molecule has 0 bridgehead atoms. The van der Waals surface area contributed by atoms with Crippen molar-refractivity contribution in [3.63, 3.8) is 0 Å². The first-order chi connectivity index (χ1) is 70.8. The molecule has 0 radical (unpaired) electrons. The summed E-state index contributed by atoms with van der Waals surface area (Å²) in [5.74, 6) is 2.69. The fourth-order valence-corrected chi connectivity index (χ4v) is 24.0. The van der Waals surface area contributed by atoms with E-state index in [0.717, 1.165) is 116 Å². The molecular formula is C126H225N3O12S3. The molecule has 4 rings (SSSR count). The Labute approximate surface area is 890 Å². The maximum absolute atomic E-state index is 15.6. The van der Waals surface area contributed by atoms with E-state index in [0.29, 0.717) is 74.1 Å². The van der Waals surface area contributed by atoms with E-state index >= 15 is 25.3 Å². The van der Waals surface area contributed by atoms with Gasteiger partial charge in [-0.1, -0.05) is 579 Å². The Morgan fingerprint density at radius 1 is 0.160 bits per heavy atom. The number of unbranched alkanes of at least 4 members (excludes halogenated alkanes) is 78. The van der Waals surface area contributed by atoms with Gasteiger partial charge in [-0.2, -0.15) is 12.9 Å². The number of hydrogen-bond acceptors (Lipinski definition) is 12. The van der Waals surface area contributed by atoms with Crippen LogP contribution in [0.2, 0.25) is 0 Å². The van der Waals surface area contributed by atoms with Crippen LogP contribution in [-0.4, -0.2) is 117 Å². The molecule has 3 aromatic carbocycles. The molecule has 0 aromatic heterocycles. The van der Waals surface area contributed by atoms with Crippen LogP contribution in [0.3, 0.4) is 0 Å². The Balaban J connectivity index is 1.71. The Morgan fingerprint density at radius 2 is 0.271 bits per heavy atom.